The molecule has 0 spiro atoms. The molecule has 5 nitrogen and oxygen atoms in total. The van der Waals surface area contributed by atoms with E-state index < -0.39 is 0 Å². The molecule has 1 N–H and O–H groups in total. The van der Waals surface area contributed by atoms with Crippen LogP contribution in [0.3, 0.4) is 0 Å². The van der Waals surface area contributed by atoms with Crippen LogP contribution in [0.2, 0.25) is 0 Å². The van der Waals surface area contributed by atoms with Crippen molar-refractivity contribution in [1.29, 1.82) is 0 Å². The van der Waals surface area contributed by atoms with Crippen molar-refractivity contribution in [2.45, 2.75) is 25.7 Å². The first-order valence-electron chi connectivity index (χ1n) is 15.3. The van der Waals surface area contributed by atoms with Gasteiger partial charge in [0.1, 0.15) is 0 Å². The number of carbonyl (C=O) groups excluding carboxylic acids is 1. The minimum absolute atomic E-state index is 0.768. The van der Waals surface area contributed by atoms with Crippen molar-refractivity contribution in [2.75, 3.05) is 50.7 Å². The van der Waals surface area contributed by atoms with E-state index in [1.165, 1.54) is 28.0 Å². The van der Waals surface area contributed by atoms with E-state index in [1.54, 1.807) is 0 Å². The fraction of sp³-hybridized carbons (Fsp3) is 0.297. The van der Waals surface area contributed by atoms with Gasteiger partial charge < -0.3 is 10.2 Å². The molecule has 0 bridgehead atoms. The number of carbonyl (C=O) groups is 1. The number of anilines is 1. The lowest BCUT2D eigenvalue weighted by Gasteiger charge is -2.36. The number of aromatic nitrogens is 1. The average Bonchev–Trinajstić information content (AvgIpc) is 3.05. The Kier molecular flexibility index (Phi) is 9.18. The fourth-order valence-corrected chi connectivity index (χ4v) is 6.12. The molecule has 1 aromatic heterocycles. The molecule has 3 aromatic rings. The summed E-state index contributed by atoms with van der Waals surface area (Å²) in [7, 11) is 0. The van der Waals surface area contributed by atoms with Gasteiger partial charge in [0.05, 0.1) is 17.6 Å². The van der Waals surface area contributed by atoms with E-state index in [-0.39, 0.29) is 0 Å². The van der Waals surface area contributed by atoms with Gasteiger partial charge in [0.15, 0.2) is 6.29 Å². The van der Waals surface area contributed by atoms with E-state index in [2.05, 4.69) is 100 Å². The molecular weight excluding hydrogens is 516 g/mol. The summed E-state index contributed by atoms with van der Waals surface area (Å²) in [5.74, 6) is 0. The first-order chi connectivity index (χ1) is 20.8. The Morgan fingerprint density at radius 3 is 2.55 bits per heavy atom. The second-order valence-corrected chi connectivity index (χ2v) is 11.3. The van der Waals surface area contributed by atoms with Gasteiger partial charge in [-0.1, -0.05) is 72.8 Å². The molecule has 3 aliphatic rings. The van der Waals surface area contributed by atoms with Gasteiger partial charge in [-0.2, -0.15) is 0 Å². The lowest BCUT2D eigenvalue weighted by Crippen LogP contribution is -2.47. The predicted octanol–water partition coefficient (Wildman–Crippen LogP) is 6.45. The van der Waals surface area contributed by atoms with Crippen LogP contribution in [0.15, 0.2) is 97.2 Å². The smallest absolute Gasteiger partial charge is 0.150 e. The summed E-state index contributed by atoms with van der Waals surface area (Å²) in [4.78, 5) is 21.6. The van der Waals surface area contributed by atoms with Crippen molar-refractivity contribution in [3.63, 3.8) is 0 Å². The van der Waals surface area contributed by atoms with Crippen LogP contribution in [0.25, 0.3) is 16.7 Å². The van der Waals surface area contributed by atoms with Crippen molar-refractivity contribution < 1.29 is 4.79 Å². The van der Waals surface area contributed by atoms with Crippen LogP contribution in [0.1, 0.15) is 52.0 Å². The molecule has 0 radical (unpaired) electrons. The zero-order valence-corrected chi connectivity index (χ0v) is 24.3. The molecule has 2 aromatic carbocycles. The molecular formula is C37H40N4O. The van der Waals surface area contributed by atoms with Crippen molar-refractivity contribution in [1.82, 2.24) is 15.2 Å². The molecule has 0 amide bonds. The summed E-state index contributed by atoms with van der Waals surface area (Å²) in [6.07, 6.45) is 18.0. The highest BCUT2D eigenvalue weighted by atomic mass is 16.1. The Morgan fingerprint density at radius 2 is 1.79 bits per heavy atom. The molecule has 0 saturated carbocycles. The predicted molar refractivity (Wildman–Crippen MR) is 175 cm³/mol. The third kappa shape index (κ3) is 6.87. The normalized spacial score (nSPS) is 21.2. The zero-order chi connectivity index (χ0) is 28.6. The minimum Gasteiger partial charge on any atom is -0.368 e. The number of benzene rings is 2. The molecule has 5 heteroatoms. The molecule has 3 heterocycles. The quantitative estimate of drug-likeness (QED) is 0.323. The Morgan fingerprint density at radius 1 is 0.905 bits per heavy atom. The van der Waals surface area contributed by atoms with Crippen LogP contribution in [0.4, 0.5) is 5.69 Å². The van der Waals surface area contributed by atoms with E-state index >= 15 is 0 Å². The summed E-state index contributed by atoms with van der Waals surface area (Å²) in [6, 6.07) is 21.4. The summed E-state index contributed by atoms with van der Waals surface area (Å²) in [6.45, 7) is 7.19. The standard InChI is InChI=1S/C37H40N4O/c42-28-34-13-12-33(26-36(34)31-16-19-38-20-17-31)30-8-4-10-32(11-5-9-30)37-15-14-35(27-39-37)41-24-22-40(23-25-41)21-18-29-6-2-1-3-7-29/h1-4,6-9,11-16,26-28,38H,5,10,17-25H2/b8-4-,30-9+,32-11+. The highest BCUT2D eigenvalue weighted by Crippen LogP contribution is 2.30. The number of aldehydes is 1. The third-order valence-electron chi connectivity index (χ3n) is 8.63. The maximum absolute atomic E-state index is 11.7. The molecule has 1 aliphatic carbocycles. The molecule has 0 atom stereocenters. The van der Waals surface area contributed by atoms with Gasteiger partial charge in [-0.25, -0.2) is 0 Å². The Hall–Kier alpha value is -4.06. The van der Waals surface area contributed by atoms with Crippen LogP contribution < -0.4 is 10.2 Å². The molecule has 2 aliphatic heterocycles. The first-order valence-corrected chi connectivity index (χ1v) is 15.3. The maximum Gasteiger partial charge on any atom is 0.150 e. The summed E-state index contributed by atoms with van der Waals surface area (Å²) in [5, 5.41) is 3.36. The molecule has 6 rings (SSSR count). The topological polar surface area (TPSA) is 48.5 Å². The van der Waals surface area contributed by atoms with E-state index in [0.717, 1.165) is 100 Å². The zero-order valence-electron chi connectivity index (χ0n) is 24.3. The Balaban J connectivity index is 1.07. The Labute approximate surface area is 250 Å². The summed E-state index contributed by atoms with van der Waals surface area (Å²) >= 11 is 0. The van der Waals surface area contributed by atoms with Gasteiger partial charge in [0.25, 0.3) is 0 Å². The monoisotopic (exact) mass is 556 g/mol. The second kappa shape index (κ2) is 13.7. The van der Waals surface area contributed by atoms with Crippen LogP contribution in [-0.4, -0.2) is 62.0 Å². The second-order valence-electron chi connectivity index (χ2n) is 11.3. The number of nitrogens with zero attached hydrogens (tertiary/aromatic N) is 3. The molecule has 1 fully saturated rings. The van der Waals surface area contributed by atoms with Crippen molar-refractivity contribution in [2.24, 2.45) is 0 Å². The average molecular weight is 557 g/mol. The van der Waals surface area contributed by atoms with Crippen LogP contribution in [-0.2, 0) is 6.42 Å². The number of nitrogens with one attached hydrogen (secondary N) is 1. The number of hydrogen-bond donors (Lipinski definition) is 1. The number of rotatable bonds is 8. The molecule has 0 unspecified atom stereocenters. The first kappa shape index (κ1) is 28.1. The van der Waals surface area contributed by atoms with E-state index in [1.807, 2.05) is 12.3 Å². The van der Waals surface area contributed by atoms with Crippen LogP contribution in [0, 0.1) is 0 Å². The van der Waals surface area contributed by atoms with E-state index in [0.29, 0.717) is 0 Å². The van der Waals surface area contributed by atoms with E-state index in [9.17, 15) is 4.79 Å². The summed E-state index contributed by atoms with van der Waals surface area (Å²) in [5.41, 5.74) is 10.4. The highest BCUT2D eigenvalue weighted by molar-refractivity contribution is 5.88. The van der Waals surface area contributed by atoms with Crippen molar-refractivity contribution in [3.8, 4) is 0 Å². The van der Waals surface area contributed by atoms with Crippen LogP contribution in [0.5, 0.6) is 0 Å². The fourth-order valence-electron chi connectivity index (χ4n) is 6.12. The van der Waals surface area contributed by atoms with Gasteiger partial charge in [-0.3, -0.25) is 14.7 Å². The molecule has 214 valence electrons. The Bertz CT molecular complexity index is 1490. The van der Waals surface area contributed by atoms with Gasteiger partial charge in [0, 0.05) is 44.8 Å². The molecule has 42 heavy (non-hydrogen) atoms. The van der Waals surface area contributed by atoms with Crippen molar-refractivity contribution in [3.05, 3.63) is 125 Å². The largest absolute Gasteiger partial charge is 0.368 e. The summed E-state index contributed by atoms with van der Waals surface area (Å²) < 4.78 is 0. The number of hydrogen-bond acceptors (Lipinski definition) is 5. The number of piperazine rings is 1. The number of allylic oxidation sites excluding steroid dienone is 6. The van der Waals surface area contributed by atoms with E-state index in [4.69, 9.17) is 4.98 Å². The SMILES string of the molecule is O=Cc1ccc(C2=C/C/C=C(/c3ccc(N4CCN(CCc5ccccc5)CC4)cn3)C/C=C\2)cc1C1=CCNCC1. The lowest BCUT2D eigenvalue weighted by molar-refractivity contribution is 0.112. The van der Waals surface area contributed by atoms with Crippen molar-refractivity contribution >= 4 is 28.7 Å². The lowest BCUT2D eigenvalue weighted by atomic mass is 9.91. The highest BCUT2D eigenvalue weighted by Gasteiger charge is 2.18. The third-order valence-corrected chi connectivity index (χ3v) is 8.63. The van der Waals surface area contributed by atoms with Gasteiger partial charge in [-0.05, 0) is 83.8 Å². The van der Waals surface area contributed by atoms with Crippen LogP contribution >= 0.6 is 0 Å². The minimum atomic E-state index is 0.768. The molecule has 1 saturated heterocycles. The number of pyridine rings is 1. The van der Waals surface area contributed by atoms with Gasteiger partial charge >= 0.3 is 0 Å². The maximum atomic E-state index is 11.7. The van der Waals surface area contributed by atoms with Gasteiger partial charge in [0.2, 0.25) is 0 Å². The van der Waals surface area contributed by atoms with Gasteiger partial charge in [-0.15, -0.1) is 0 Å².